The van der Waals surface area contributed by atoms with Crippen LogP contribution in [0, 0.1) is 6.92 Å². The molecule has 1 amide bonds. The minimum atomic E-state index is -0.196. The lowest BCUT2D eigenvalue weighted by atomic mass is 10.1. The van der Waals surface area contributed by atoms with E-state index in [0.29, 0.717) is 24.7 Å². The monoisotopic (exact) mass is 466 g/mol. The summed E-state index contributed by atoms with van der Waals surface area (Å²) in [6, 6.07) is 9.38. The molecule has 0 aliphatic carbocycles. The average molecular weight is 468 g/mol. The van der Waals surface area contributed by atoms with Crippen LogP contribution in [0.3, 0.4) is 0 Å². The van der Waals surface area contributed by atoms with Gasteiger partial charge in [-0.15, -0.1) is 0 Å². The number of hydrogen-bond donors (Lipinski definition) is 1. The number of amides is 1. The van der Waals surface area contributed by atoms with Crippen molar-refractivity contribution in [3.05, 3.63) is 56.0 Å². The van der Waals surface area contributed by atoms with Gasteiger partial charge in [0.15, 0.2) is 11.5 Å². The Bertz CT molecular complexity index is 814. The smallest absolute Gasteiger partial charge is 0.244 e. The number of fused-ring (bicyclic) bond motifs is 1. The van der Waals surface area contributed by atoms with Gasteiger partial charge < -0.3 is 9.47 Å². The fourth-order valence-corrected chi connectivity index (χ4v) is 3.56. The number of carbonyl (C=O) groups excluding carboxylic acids is 1. The van der Waals surface area contributed by atoms with Crippen LogP contribution in [-0.4, -0.2) is 25.3 Å². The van der Waals surface area contributed by atoms with E-state index < -0.39 is 0 Å². The molecule has 5 nitrogen and oxygen atoms in total. The van der Waals surface area contributed by atoms with Gasteiger partial charge >= 0.3 is 0 Å². The Hall–Kier alpha value is -1.86. The van der Waals surface area contributed by atoms with Gasteiger partial charge in [-0.2, -0.15) is 5.10 Å². The van der Waals surface area contributed by atoms with Crippen LogP contribution in [0.2, 0.25) is 0 Å². The SMILES string of the molecule is Cc1c(Br)cc(/C=N/NC(=O)Cc2ccc3c(c2)OCCO3)cc1Br. The highest BCUT2D eigenvalue weighted by Gasteiger charge is 2.13. The number of benzene rings is 2. The molecule has 1 heterocycles. The molecule has 7 heteroatoms. The molecule has 0 unspecified atom stereocenters. The molecule has 0 fully saturated rings. The number of hydrogen-bond acceptors (Lipinski definition) is 4. The van der Waals surface area contributed by atoms with E-state index in [9.17, 15) is 4.79 Å². The molecule has 0 bridgehead atoms. The molecule has 0 saturated carbocycles. The zero-order valence-electron chi connectivity index (χ0n) is 13.5. The highest BCUT2D eigenvalue weighted by molar-refractivity contribution is 9.11. The molecular weight excluding hydrogens is 452 g/mol. The van der Waals surface area contributed by atoms with Gasteiger partial charge in [0.2, 0.25) is 5.91 Å². The lowest BCUT2D eigenvalue weighted by Gasteiger charge is -2.18. The van der Waals surface area contributed by atoms with Gasteiger partial charge in [0.05, 0.1) is 12.6 Å². The van der Waals surface area contributed by atoms with Crippen LogP contribution in [0.4, 0.5) is 0 Å². The van der Waals surface area contributed by atoms with Crippen molar-refractivity contribution >= 4 is 44.0 Å². The first kappa shape index (κ1) is 17.9. The molecular formula is C18H16Br2N2O3. The minimum Gasteiger partial charge on any atom is -0.486 e. The number of nitrogens with zero attached hydrogens (tertiary/aromatic N) is 1. The molecule has 0 saturated heterocycles. The summed E-state index contributed by atoms with van der Waals surface area (Å²) in [4.78, 5) is 12.0. The second kappa shape index (κ2) is 8.01. The fourth-order valence-electron chi connectivity index (χ4n) is 2.34. The predicted octanol–water partition coefficient (Wildman–Crippen LogP) is 3.98. The van der Waals surface area contributed by atoms with Crippen molar-refractivity contribution in [2.75, 3.05) is 13.2 Å². The lowest BCUT2D eigenvalue weighted by molar-refractivity contribution is -0.120. The maximum Gasteiger partial charge on any atom is 0.244 e. The highest BCUT2D eigenvalue weighted by atomic mass is 79.9. The summed E-state index contributed by atoms with van der Waals surface area (Å²) < 4.78 is 12.9. The first-order chi connectivity index (χ1) is 12.0. The third kappa shape index (κ3) is 4.61. The first-order valence-corrected chi connectivity index (χ1v) is 9.27. The molecule has 2 aromatic rings. The topological polar surface area (TPSA) is 59.9 Å². The normalized spacial score (nSPS) is 13.1. The minimum absolute atomic E-state index is 0.196. The molecule has 0 radical (unpaired) electrons. The van der Waals surface area contributed by atoms with E-state index in [2.05, 4.69) is 42.4 Å². The molecule has 3 rings (SSSR count). The number of carbonyl (C=O) groups is 1. The number of hydrazone groups is 1. The van der Waals surface area contributed by atoms with Crippen LogP contribution in [0.25, 0.3) is 0 Å². The van der Waals surface area contributed by atoms with Crippen LogP contribution < -0.4 is 14.9 Å². The molecule has 1 aliphatic rings. The molecule has 1 aliphatic heterocycles. The van der Waals surface area contributed by atoms with Crippen LogP contribution in [0.5, 0.6) is 11.5 Å². The summed E-state index contributed by atoms with van der Waals surface area (Å²) in [7, 11) is 0. The number of rotatable bonds is 4. The number of halogens is 2. The Balaban J connectivity index is 1.59. The summed E-state index contributed by atoms with van der Waals surface area (Å²) >= 11 is 6.98. The average Bonchev–Trinajstić information content (AvgIpc) is 2.59. The maximum absolute atomic E-state index is 12.0. The van der Waals surface area contributed by atoms with Crippen LogP contribution in [0.15, 0.2) is 44.4 Å². The molecule has 0 aromatic heterocycles. The summed E-state index contributed by atoms with van der Waals surface area (Å²) in [5, 5.41) is 4.01. The molecule has 1 N–H and O–H groups in total. The van der Waals surface area contributed by atoms with Crippen molar-refractivity contribution in [2.45, 2.75) is 13.3 Å². The van der Waals surface area contributed by atoms with Gasteiger partial charge in [-0.05, 0) is 47.9 Å². The van der Waals surface area contributed by atoms with Crippen molar-refractivity contribution < 1.29 is 14.3 Å². The number of nitrogens with one attached hydrogen (secondary N) is 1. The van der Waals surface area contributed by atoms with Crippen molar-refractivity contribution in [1.82, 2.24) is 5.43 Å². The van der Waals surface area contributed by atoms with Gasteiger partial charge in [-0.1, -0.05) is 37.9 Å². The van der Waals surface area contributed by atoms with Crippen LogP contribution in [-0.2, 0) is 11.2 Å². The van der Waals surface area contributed by atoms with E-state index in [1.54, 1.807) is 6.21 Å². The Morgan fingerprint density at radius 3 is 2.56 bits per heavy atom. The van der Waals surface area contributed by atoms with Crippen LogP contribution in [0.1, 0.15) is 16.7 Å². The van der Waals surface area contributed by atoms with Crippen molar-refractivity contribution in [3.63, 3.8) is 0 Å². The van der Waals surface area contributed by atoms with Gasteiger partial charge in [0, 0.05) is 8.95 Å². The quantitative estimate of drug-likeness (QED) is 0.546. The fraction of sp³-hybridized carbons (Fsp3) is 0.222. The Morgan fingerprint density at radius 1 is 1.16 bits per heavy atom. The maximum atomic E-state index is 12.0. The highest BCUT2D eigenvalue weighted by Crippen LogP contribution is 2.30. The van der Waals surface area contributed by atoms with Crippen molar-refractivity contribution in [1.29, 1.82) is 0 Å². The molecule has 0 spiro atoms. The van der Waals surface area contributed by atoms with Gasteiger partial charge in [-0.3, -0.25) is 4.79 Å². The van der Waals surface area contributed by atoms with E-state index >= 15 is 0 Å². The van der Waals surface area contributed by atoms with E-state index in [1.165, 1.54) is 0 Å². The van der Waals surface area contributed by atoms with Gasteiger partial charge in [0.25, 0.3) is 0 Å². The predicted molar refractivity (Wildman–Crippen MR) is 103 cm³/mol. The largest absolute Gasteiger partial charge is 0.486 e. The Labute approximate surface area is 162 Å². The summed E-state index contributed by atoms with van der Waals surface area (Å²) in [6.07, 6.45) is 1.83. The van der Waals surface area contributed by atoms with E-state index in [1.807, 2.05) is 37.3 Å². The second-order valence-corrected chi connectivity index (χ2v) is 7.27. The Kier molecular flexibility index (Phi) is 5.75. The molecule has 130 valence electrons. The Morgan fingerprint density at radius 2 is 1.84 bits per heavy atom. The van der Waals surface area contributed by atoms with E-state index in [0.717, 1.165) is 25.6 Å². The third-order valence-electron chi connectivity index (χ3n) is 3.68. The lowest BCUT2D eigenvalue weighted by Crippen LogP contribution is -2.20. The second-order valence-electron chi connectivity index (χ2n) is 5.56. The third-order valence-corrected chi connectivity index (χ3v) is 5.32. The van der Waals surface area contributed by atoms with Crippen molar-refractivity contribution in [2.24, 2.45) is 5.10 Å². The standard InChI is InChI=1S/C18H16Br2N2O3/c1-11-14(19)6-13(7-15(11)20)10-21-22-18(23)9-12-2-3-16-17(8-12)25-5-4-24-16/h2-3,6-8,10H,4-5,9H2,1H3,(H,22,23)/b21-10+. The van der Waals surface area contributed by atoms with E-state index in [4.69, 9.17) is 9.47 Å². The zero-order valence-corrected chi connectivity index (χ0v) is 16.7. The molecule has 0 atom stereocenters. The summed E-state index contributed by atoms with van der Waals surface area (Å²) in [5.41, 5.74) is 5.38. The first-order valence-electron chi connectivity index (χ1n) is 7.69. The zero-order chi connectivity index (χ0) is 17.8. The van der Waals surface area contributed by atoms with Gasteiger partial charge in [-0.25, -0.2) is 5.43 Å². The molecule has 2 aromatic carbocycles. The van der Waals surface area contributed by atoms with E-state index in [-0.39, 0.29) is 12.3 Å². The molecule has 25 heavy (non-hydrogen) atoms. The number of ether oxygens (including phenoxy) is 2. The van der Waals surface area contributed by atoms with Crippen LogP contribution >= 0.6 is 31.9 Å². The van der Waals surface area contributed by atoms with Gasteiger partial charge in [0.1, 0.15) is 13.2 Å². The van der Waals surface area contributed by atoms with Crippen molar-refractivity contribution in [3.8, 4) is 11.5 Å². The summed E-state index contributed by atoms with van der Waals surface area (Å²) in [5.74, 6) is 1.19. The summed E-state index contributed by atoms with van der Waals surface area (Å²) in [6.45, 7) is 3.08.